The van der Waals surface area contributed by atoms with Gasteiger partial charge in [-0.05, 0) is 59.7 Å². The van der Waals surface area contributed by atoms with Crippen LogP contribution in [0.4, 0.5) is 5.69 Å². The van der Waals surface area contributed by atoms with Crippen molar-refractivity contribution in [3.05, 3.63) is 108 Å². The second kappa shape index (κ2) is 13.5. The number of aromatic nitrogens is 1. The zero-order valence-electron chi connectivity index (χ0n) is 22.6. The van der Waals surface area contributed by atoms with E-state index in [0.717, 1.165) is 35.5 Å². The van der Waals surface area contributed by atoms with Crippen LogP contribution in [-0.4, -0.2) is 34.6 Å². The average molecular weight is 525 g/mol. The fraction of sp³-hybridized carbons (Fsp3) is 0.273. The molecule has 202 valence electrons. The molecule has 1 heterocycles. The number of hydrogen-bond donors (Lipinski definition) is 2. The van der Waals surface area contributed by atoms with Gasteiger partial charge in [0.1, 0.15) is 5.75 Å². The predicted molar refractivity (Wildman–Crippen MR) is 156 cm³/mol. The van der Waals surface area contributed by atoms with Crippen LogP contribution in [0.1, 0.15) is 60.5 Å². The molecule has 0 atom stereocenters. The zero-order chi connectivity index (χ0) is 27.6. The summed E-state index contributed by atoms with van der Waals surface area (Å²) in [6, 6.07) is 26.0. The van der Waals surface area contributed by atoms with Gasteiger partial charge in [-0.2, -0.15) is 0 Å². The SMILES string of the molecule is CC(C)c1cn(CCCC(=O)O)cc1C(=O)c1cccc(NCCCOc2ccc(-c3ccccc3)cc2)c1. The number of carboxylic acid groups (broad SMARTS) is 1. The largest absolute Gasteiger partial charge is 0.494 e. The number of anilines is 1. The van der Waals surface area contributed by atoms with Gasteiger partial charge < -0.3 is 19.7 Å². The summed E-state index contributed by atoms with van der Waals surface area (Å²) >= 11 is 0. The second-order valence-corrected chi connectivity index (χ2v) is 9.95. The third-order valence-corrected chi connectivity index (χ3v) is 6.59. The molecular weight excluding hydrogens is 488 g/mol. The number of aliphatic carboxylic acids is 1. The standard InChI is InChI=1S/C33H36N2O4/c1-24(2)30-22-35(19-7-13-32(36)37)23-31(30)33(38)27-11-6-12-28(21-27)34-18-8-20-39-29-16-14-26(15-17-29)25-9-4-3-5-10-25/h3-6,9-12,14-17,21-24,34H,7-8,13,18-20H2,1-2H3,(H,36,37). The number of carbonyl (C=O) groups is 2. The summed E-state index contributed by atoms with van der Waals surface area (Å²) in [4.78, 5) is 24.3. The number of carboxylic acids is 1. The van der Waals surface area contributed by atoms with E-state index in [1.807, 2.05) is 71.6 Å². The van der Waals surface area contributed by atoms with Gasteiger partial charge in [0, 0.05) is 48.7 Å². The van der Waals surface area contributed by atoms with E-state index in [2.05, 4.69) is 43.4 Å². The molecule has 3 aromatic carbocycles. The van der Waals surface area contributed by atoms with Gasteiger partial charge >= 0.3 is 5.97 Å². The van der Waals surface area contributed by atoms with E-state index in [0.29, 0.717) is 30.7 Å². The summed E-state index contributed by atoms with van der Waals surface area (Å²) in [5.41, 5.74) is 5.50. The molecule has 0 spiro atoms. The van der Waals surface area contributed by atoms with Gasteiger partial charge in [-0.15, -0.1) is 0 Å². The van der Waals surface area contributed by atoms with Crippen LogP contribution in [-0.2, 0) is 11.3 Å². The van der Waals surface area contributed by atoms with Crippen LogP contribution >= 0.6 is 0 Å². The Bertz CT molecular complexity index is 1370. The smallest absolute Gasteiger partial charge is 0.303 e. The fourth-order valence-corrected chi connectivity index (χ4v) is 4.51. The molecular formula is C33H36N2O4. The number of nitrogens with zero attached hydrogens (tertiary/aromatic N) is 1. The summed E-state index contributed by atoms with van der Waals surface area (Å²) in [5.74, 6) is 0.191. The van der Waals surface area contributed by atoms with Crippen LogP contribution in [0.3, 0.4) is 0 Å². The van der Waals surface area contributed by atoms with Gasteiger partial charge in [0.25, 0.3) is 0 Å². The van der Waals surface area contributed by atoms with E-state index in [9.17, 15) is 9.59 Å². The van der Waals surface area contributed by atoms with Gasteiger partial charge in [0.05, 0.1) is 6.61 Å². The molecule has 0 amide bonds. The van der Waals surface area contributed by atoms with E-state index in [1.54, 1.807) is 0 Å². The van der Waals surface area contributed by atoms with Crippen molar-refractivity contribution >= 4 is 17.4 Å². The number of ether oxygens (including phenoxy) is 1. The molecule has 2 N–H and O–H groups in total. The molecule has 4 rings (SSSR count). The Morgan fingerprint density at radius 1 is 0.897 bits per heavy atom. The van der Waals surface area contributed by atoms with Crippen molar-refractivity contribution in [2.45, 2.75) is 45.6 Å². The zero-order valence-corrected chi connectivity index (χ0v) is 22.6. The molecule has 0 bridgehead atoms. The molecule has 1 aromatic heterocycles. The normalized spacial score (nSPS) is 10.9. The predicted octanol–water partition coefficient (Wildman–Crippen LogP) is 7.26. The van der Waals surface area contributed by atoms with Gasteiger partial charge in [-0.3, -0.25) is 9.59 Å². The molecule has 0 radical (unpaired) electrons. The van der Waals surface area contributed by atoms with Crippen molar-refractivity contribution in [1.29, 1.82) is 0 Å². The van der Waals surface area contributed by atoms with E-state index < -0.39 is 5.97 Å². The van der Waals surface area contributed by atoms with Crippen molar-refractivity contribution < 1.29 is 19.4 Å². The second-order valence-electron chi connectivity index (χ2n) is 9.95. The van der Waals surface area contributed by atoms with Gasteiger partial charge in [0.15, 0.2) is 5.78 Å². The van der Waals surface area contributed by atoms with Gasteiger partial charge in [-0.1, -0.05) is 68.4 Å². The van der Waals surface area contributed by atoms with E-state index >= 15 is 0 Å². The summed E-state index contributed by atoms with van der Waals surface area (Å²) in [7, 11) is 0. The highest BCUT2D eigenvalue weighted by Crippen LogP contribution is 2.25. The molecule has 39 heavy (non-hydrogen) atoms. The Balaban J connectivity index is 1.29. The molecule has 0 aliphatic heterocycles. The first-order chi connectivity index (χ1) is 18.9. The first kappa shape index (κ1) is 27.7. The topological polar surface area (TPSA) is 80.6 Å². The van der Waals surface area contributed by atoms with Gasteiger partial charge in [0.2, 0.25) is 0 Å². The number of nitrogens with one attached hydrogen (secondary N) is 1. The minimum Gasteiger partial charge on any atom is -0.494 e. The average Bonchev–Trinajstić information content (AvgIpc) is 3.38. The highest BCUT2D eigenvalue weighted by atomic mass is 16.5. The van der Waals surface area contributed by atoms with Gasteiger partial charge in [-0.25, -0.2) is 0 Å². The number of aryl methyl sites for hydroxylation is 1. The quantitative estimate of drug-likeness (QED) is 0.134. The number of ketones is 1. The van der Waals surface area contributed by atoms with E-state index in [-0.39, 0.29) is 18.1 Å². The molecule has 6 nitrogen and oxygen atoms in total. The molecule has 0 saturated heterocycles. The molecule has 0 unspecified atom stereocenters. The Hall–Kier alpha value is -4.32. The summed E-state index contributed by atoms with van der Waals surface area (Å²) in [6.07, 6.45) is 5.27. The Kier molecular flexibility index (Phi) is 9.57. The van der Waals surface area contributed by atoms with Crippen molar-refractivity contribution in [3.63, 3.8) is 0 Å². The maximum Gasteiger partial charge on any atom is 0.303 e. The molecule has 0 saturated carbocycles. The lowest BCUT2D eigenvalue weighted by atomic mass is 9.96. The third kappa shape index (κ3) is 7.84. The molecule has 4 aromatic rings. The Morgan fingerprint density at radius 3 is 2.36 bits per heavy atom. The molecule has 6 heteroatoms. The third-order valence-electron chi connectivity index (χ3n) is 6.59. The van der Waals surface area contributed by atoms with Crippen molar-refractivity contribution in [3.8, 4) is 16.9 Å². The maximum absolute atomic E-state index is 13.4. The van der Waals surface area contributed by atoms with Crippen molar-refractivity contribution in [2.75, 3.05) is 18.5 Å². The van der Waals surface area contributed by atoms with Crippen molar-refractivity contribution in [1.82, 2.24) is 4.57 Å². The summed E-state index contributed by atoms with van der Waals surface area (Å²) in [6.45, 7) is 6.00. The lowest BCUT2D eigenvalue weighted by molar-refractivity contribution is -0.137. The highest BCUT2D eigenvalue weighted by molar-refractivity contribution is 6.10. The van der Waals surface area contributed by atoms with E-state index in [1.165, 1.54) is 5.56 Å². The lowest BCUT2D eigenvalue weighted by Crippen LogP contribution is -2.09. The minimum atomic E-state index is -0.809. The van der Waals surface area contributed by atoms with Crippen LogP contribution in [0.25, 0.3) is 11.1 Å². The molecule has 0 fully saturated rings. The number of hydrogen-bond acceptors (Lipinski definition) is 4. The number of rotatable bonds is 14. The van der Waals surface area contributed by atoms with E-state index in [4.69, 9.17) is 9.84 Å². The summed E-state index contributed by atoms with van der Waals surface area (Å²) in [5, 5.41) is 12.3. The van der Waals surface area contributed by atoms with Crippen LogP contribution < -0.4 is 10.1 Å². The number of carbonyl (C=O) groups excluding carboxylic acids is 1. The molecule has 0 aliphatic rings. The van der Waals surface area contributed by atoms with Crippen LogP contribution in [0, 0.1) is 0 Å². The maximum atomic E-state index is 13.4. The molecule has 0 aliphatic carbocycles. The first-order valence-electron chi connectivity index (χ1n) is 13.5. The van der Waals surface area contributed by atoms with Crippen LogP contribution in [0.15, 0.2) is 91.3 Å². The Labute approximate surface area is 230 Å². The lowest BCUT2D eigenvalue weighted by Gasteiger charge is -2.10. The Morgan fingerprint density at radius 2 is 1.64 bits per heavy atom. The first-order valence-corrected chi connectivity index (χ1v) is 13.5. The highest BCUT2D eigenvalue weighted by Gasteiger charge is 2.19. The monoisotopic (exact) mass is 524 g/mol. The minimum absolute atomic E-state index is 0.0263. The van der Waals surface area contributed by atoms with Crippen LogP contribution in [0.2, 0.25) is 0 Å². The number of benzene rings is 3. The van der Waals surface area contributed by atoms with Crippen LogP contribution in [0.5, 0.6) is 5.75 Å². The summed E-state index contributed by atoms with van der Waals surface area (Å²) < 4.78 is 7.84. The fourth-order valence-electron chi connectivity index (χ4n) is 4.51. The van der Waals surface area contributed by atoms with Crippen molar-refractivity contribution in [2.24, 2.45) is 0 Å².